The molecule has 0 aliphatic carbocycles. The second-order valence-corrected chi connectivity index (χ2v) is 4.85. The summed E-state index contributed by atoms with van der Waals surface area (Å²) in [6.07, 6.45) is 5.81. The van der Waals surface area contributed by atoms with E-state index in [1.54, 1.807) is 6.20 Å². The predicted molar refractivity (Wildman–Crippen MR) is 72.0 cm³/mol. The minimum Gasteiger partial charge on any atom is -0.396 e. The number of nitrogens with zero attached hydrogens (tertiary/aromatic N) is 2. The Hall–Kier alpha value is -1.29. The number of pyridine rings is 1. The first-order valence-corrected chi connectivity index (χ1v) is 6.45. The summed E-state index contributed by atoms with van der Waals surface area (Å²) in [5.41, 5.74) is 6.58. The Morgan fingerprint density at radius 3 is 2.88 bits per heavy atom. The number of nitrogens with two attached hydrogens (primary N) is 1. The lowest BCUT2D eigenvalue weighted by Crippen LogP contribution is -2.38. The molecule has 1 atom stereocenters. The van der Waals surface area contributed by atoms with E-state index in [2.05, 4.69) is 22.1 Å². The fourth-order valence-corrected chi connectivity index (χ4v) is 2.35. The Morgan fingerprint density at radius 2 is 2.18 bits per heavy atom. The zero-order valence-corrected chi connectivity index (χ0v) is 10.5. The molecule has 94 valence electrons. The van der Waals surface area contributed by atoms with E-state index in [0.717, 1.165) is 18.1 Å². The molecule has 0 spiro atoms. The maximum absolute atomic E-state index is 5.86. The van der Waals surface area contributed by atoms with Gasteiger partial charge in [-0.1, -0.05) is 6.42 Å². The Kier molecular flexibility index (Phi) is 4.20. The molecule has 2 heterocycles. The molecule has 1 saturated heterocycles. The van der Waals surface area contributed by atoms with Crippen molar-refractivity contribution in [3.8, 4) is 0 Å². The fourth-order valence-electron chi connectivity index (χ4n) is 2.35. The van der Waals surface area contributed by atoms with Gasteiger partial charge < -0.3 is 16.0 Å². The summed E-state index contributed by atoms with van der Waals surface area (Å²) in [6, 6.07) is 4.11. The van der Waals surface area contributed by atoms with Crippen LogP contribution in [0.5, 0.6) is 0 Å². The largest absolute Gasteiger partial charge is 0.396 e. The van der Waals surface area contributed by atoms with Gasteiger partial charge >= 0.3 is 0 Å². The van der Waals surface area contributed by atoms with Crippen molar-refractivity contribution >= 4 is 11.5 Å². The number of hydrogen-bond acceptors (Lipinski definition) is 4. The minimum atomic E-state index is 0.380. The standard InChI is InChI=1S/C13H22N4/c1-11(10-17-8-3-2-4-9-17)16-13-12(14)6-5-7-15-13/h5-7,11H,2-4,8-10,14H2,1H3,(H,15,16). The Balaban J connectivity index is 1.84. The molecule has 1 aliphatic heterocycles. The van der Waals surface area contributed by atoms with Crippen LogP contribution in [-0.4, -0.2) is 35.6 Å². The molecule has 0 bridgehead atoms. The van der Waals surface area contributed by atoms with Crippen molar-refractivity contribution in [1.82, 2.24) is 9.88 Å². The van der Waals surface area contributed by atoms with Crippen molar-refractivity contribution in [3.63, 3.8) is 0 Å². The monoisotopic (exact) mass is 234 g/mol. The van der Waals surface area contributed by atoms with E-state index in [-0.39, 0.29) is 0 Å². The van der Waals surface area contributed by atoms with E-state index in [4.69, 9.17) is 5.73 Å². The summed E-state index contributed by atoms with van der Waals surface area (Å²) in [5, 5.41) is 3.38. The van der Waals surface area contributed by atoms with Crippen molar-refractivity contribution in [1.29, 1.82) is 0 Å². The Morgan fingerprint density at radius 1 is 1.41 bits per heavy atom. The van der Waals surface area contributed by atoms with E-state index in [1.165, 1.54) is 32.4 Å². The molecule has 0 aromatic carbocycles. The van der Waals surface area contributed by atoms with Crippen LogP contribution >= 0.6 is 0 Å². The molecule has 17 heavy (non-hydrogen) atoms. The van der Waals surface area contributed by atoms with Crippen LogP contribution < -0.4 is 11.1 Å². The molecular weight excluding hydrogens is 212 g/mol. The van der Waals surface area contributed by atoms with E-state index in [9.17, 15) is 0 Å². The molecule has 3 N–H and O–H groups in total. The zero-order chi connectivity index (χ0) is 12.1. The van der Waals surface area contributed by atoms with Gasteiger partial charge in [0.2, 0.25) is 0 Å². The Labute approximate surface area is 103 Å². The van der Waals surface area contributed by atoms with Gasteiger partial charge in [-0.05, 0) is 45.0 Å². The van der Waals surface area contributed by atoms with Crippen LogP contribution in [0.1, 0.15) is 26.2 Å². The van der Waals surface area contributed by atoms with Crippen molar-refractivity contribution in [2.75, 3.05) is 30.7 Å². The van der Waals surface area contributed by atoms with Crippen LogP contribution in [0, 0.1) is 0 Å². The summed E-state index contributed by atoms with van der Waals surface area (Å²) < 4.78 is 0. The van der Waals surface area contributed by atoms with Gasteiger partial charge in [-0.2, -0.15) is 0 Å². The van der Waals surface area contributed by atoms with Gasteiger partial charge in [0.05, 0.1) is 5.69 Å². The average molecular weight is 234 g/mol. The highest BCUT2D eigenvalue weighted by Gasteiger charge is 2.13. The van der Waals surface area contributed by atoms with Crippen LogP contribution in [0.4, 0.5) is 11.5 Å². The third kappa shape index (κ3) is 3.60. The minimum absolute atomic E-state index is 0.380. The molecule has 1 aliphatic rings. The fraction of sp³-hybridized carbons (Fsp3) is 0.615. The number of nitrogen functional groups attached to an aromatic ring is 1. The van der Waals surface area contributed by atoms with Gasteiger partial charge in [0, 0.05) is 18.8 Å². The summed E-state index contributed by atoms with van der Waals surface area (Å²) in [6.45, 7) is 5.70. The maximum atomic E-state index is 5.86. The van der Waals surface area contributed by atoms with Gasteiger partial charge in [-0.3, -0.25) is 0 Å². The third-order valence-corrected chi connectivity index (χ3v) is 3.20. The van der Waals surface area contributed by atoms with E-state index < -0.39 is 0 Å². The van der Waals surface area contributed by atoms with Gasteiger partial charge in [-0.25, -0.2) is 4.98 Å². The molecule has 1 aromatic rings. The molecule has 1 unspecified atom stereocenters. The number of nitrogens with one attached hydrogen (secondary N) is 1. The molecule has 0 saturated carbocycles. The Bertz CT molecular complexity index is 347. The van der Waals surface area contributed by atoms with Crippen LogP contribution in [0.15, 0.2) is 18.3 Å². The highest BCUT2D eigenvalue weighted by molar-refractivity contribution is 5.60. The van der Waals surface area contributed by atoms with Crippen molar-refractivity contribution < 1.29 is 0 Å². The van der Waals surface area contributed by atoms with Crippen molar-refractivity contribution in [3.05, 3.63) is 18.3 Å². The summed E-state index contributed by atoms with van der Waals surface area (Å²) in [4.78, 5) is 6.77. The number of aromatic nitrogens is 1. The van der Waals surface area contributed by atoms with E-state index >= 15 is 0 Å². The van der Waals surface area contributed by atoms with Crippen LogP contribution in [0.3, 0.4) is 0 Å². The topological polar surface area (TPSA) is 54.2 Å². The zero-order valence-electron chi connectivity index (χ0n) is 10.5. The predicted octanol–water partition coefficient (Wildman–Crippen LogP) is 1.95. The molecule has 4 nitrogen and oxygen atoms in total. The lowest BCUT2D eigenvalue weighted by atomic mass is 10.1. The molecule has 0 radical (unpaired) electrons. The SMILES string of the molecule is CC(CN1CCCCC1)Nc1ncccc1N. The van der Waals surface area contributed by atoms with Gasteiger partial charge in [0.25, 0.3) is 0 Å². The number of rotatable bonds is 4. The first-order valence-electron chi connectivity index (χ1n) is 6.45. The van der Waals surface area contributed by atoms with Gasteiger partial charge in [0.1, 0.15) is 5.82 Å². The lowest BCUT2D eigenvalue weighted by Gasteiger charge is -2.29. The summed E-state index contributed by atoms with van der Waals surface area (Å²) in [7, 11) is 0. The molecule has 0 amide bonds. The lowest BCUT2D eigenvalue weighted by molar-refractivity contribution is 0.223. The highest BCUT2D eigenvalue weighted by atomic mass is 15.2. The maximum Gasteiger partial charge on any atom is 0.149 e. The molecule has 4 heteroatoms. The summed E-state index contributed by atoms with van der Waals surface area (Å²) >= 11 is 0. The molecular formula is C13H22N4. The van der Waals surface area contributed by atoms with Crippen LogP contribution in [0.2, 0.25) is 0 Å². The van der Waals surface area contributed by atoms with Crippen LogP contribution in [0.25, 0.3) is 0 Å². The second kappa shape index (κ2) is 5.87. The normalized spacial score (nSPS) is 18.9. The van der Waals surface area contributed by atoms with Gasteiger partial charge in [-0.15, -0.1) is 0 Å². The van der Waals surface area contributed by atoms with E-state index in [1.807, 2.05) is 12.1 Å². The first kappa shape index (κ1) is 12.2. The van der Waals surface area contributed by atoms with Crippen molar-refractivity contribution in [2.24, 2.45) is 0 Å². The van der Waals surface area contributed by atoms with E-state index in [0.29, 0.717) is 6.04 Å². The second-order valence-electron chi connectivity index (χ2n) is 4.85. The van der Waals surface area contributed by atoms with Crippen LogP contribution in [-0.2, 0) is 0 Å². The molecule has 2 rings (SSSR count). The average Bonchev–Trinajstić information content (AvgIpc) is 2.33. The molecule has 1 fully saturated rings. The van der Waals surface area contributed by atoms with Gasteiger partial charge in [0.15, 0.2) is 0 Å². The first-order chi connectivity index (χ1) is 8.25. The number of anilines is 2. The number of hydrogen-bond donors (Lipinski definition) is 2. The van der Waals surface area contributed by atoms with Crippen molar-refractivity contribution in [2.45, 2.75) is 32.2 Å². The number of likely N-dealkylation sites (tertiary alicyclic amines) is 1. The smallest absolute Gasteiger partial charge is 0.149 e. The summed E-state index contributed by atoms with van der Waals surface area (Å²) in [5.74, 6) is 0.803. The molecule has 1 aromatic heterocycles. The third-order valence-electron chi connectivity index (χ3n) is 3.20. The number of piperidine rings is 1. The quantitative estimate of drug-likeness (QED) is 0.836. The highest BCUT2D eigenvalue weighted by Crippen LogP contribution is 2.15.